The molecule has 1 fully saturated rings. The molecule has 3 rings (SSSR count). The van der Waals surface area contributed by atoms with Crippen molar-refractivity contribution in [3.63, 3.8) is 0 Å². The quantitative estimate of drug-likeness (QED) is 0.760. The molecule has 2 aromatic rings. The van der Waals surface area contributed by atoms with E-state index in [1.165, 1.54) is 12.1 Å². The summed E-state index contributed by atoms with van der Waals surface area (Å²) in [5, 5.41) is 0.359. The predicted molar refractivity (Wildman–Crippen MR) is 99.4 cm³/mol. The third-order valence-corrected chi connectivity index (χ3v) is 7.38. The molecule has 0 radical (unpaired) electrons. The molecule has 1 aliphatic rings. The molecular formula is C15H14BrClN2O3S2. The van der Waals surface area contributed by atoms with Gasteiger partial charge in [0.05, 0.1) is 15.0 Å². The van der Waals surface area contributed by atoms with Crippen LogP contribution in [-0.4, -0.2) is 32.3 Å². The fourth-order valence-electron chi connectivity index (χ4n) is 2.52. The Balaban J connectivity index is 1.95. The first-order valence-corrected chi connectivity index (χ1v) is 10.7. The second kappa shape index (κ2) is 7.03. The number of sulfonamides is 1. The number of hydrogen-bond acceptors (Lipinski definition) is 4. The molecule has 1 aromatic heterocycles. The minimum Gasteiger partial charge on any atom is -0.339 e. The van der Waals surface area contributed by atoms with Crippen molar-refractivity contribution < 1.29 is 13.2 Å². The second-order valence-electron chi connectivity index (χ2n) is 5.35. The average molecular weight is 450 g/mol. The third-order valence-electron chi connectivity index (χ3n) is 3.66. The first-order chi connectivity index (χ1) is 11.4. The molecule has 1 aromatic carbocycles. The summed E-state index contributed by atoms with van der Waals surface area (Å²) in [4.78, 5) is 14.4. The van der Waals surface area contributed by atoms with Gasteiger partial charge in [-0.3, -0.25) is 9.52 Å². The van der Waals surface area contributed by atoms with Gasteiger partial charge in [-0.1, -0.05) is 11.6 Å². The largest absolute Gasteiger partial charge is 0.339 e. The molecule has 1 aliphatic heterocycles. The Bertz CT molecular complexity index is 877. The van der Waals surface area contributed by atoms with Crippen LogP contribution in [0.3, 0.4) is 0 Å². The van der Waals surface area contributed by atoms with Crippen molar-refractivity contribution >= 4 is 60.5 Å². The number of halogens is 2. The number of thiophene rings is 1. The smallest absolute Gasteiger partial charge is 0.271 e. The highest BCUT2D eigenvalue weighted by Crippen LogP contribution is 2.30. The monoisotopic (exact) mass is 448 g/mol. The maximum atomic E-state index is 12.6. The fraction of sp³-hybridized carbons (Fsp3) is 0.267. The van der Waals surface area contributed by atoms with Gasteiger partial charge in [0, 0.05) is 18.1 Å². The summed E-state index contributed by atoms with van der Waals surface area (Å²) in [6.07, 6.45) is 1.92. The Morgan fingerprint density at radius 1 is 1.21 bits per heavy atom. The molecule has 9 heteroatoms. The zero-order valence-electron chi connectivity index (χ0n) is 12.5. The molecule has 1 saturated heterocycles. The SMILES string of the molecule is O=C(c1ccc(Cl)cc1NS(=O)(=O)c1ccc(Br)s1)N1CCCC1. The topological polar surface area (TPSA) is 66.5 Å². The van der Waals surface area contributed by atoms with E-state index in [-0.39, 0.29) is 15.8 Å². The van der Waals surface area contributed by atoms with Gasteiger partial charge in [-0.2, -0.15) is 0 Å². The predicted octanol–water partition coefficient (Wildman–Crippen LogP) is 4.20. The third kappa shape index (κ3) is 3.77. The van der Waals surface area contributed by atoms with E-state index < -0.39 is 10.0 Å². The van der Waals surface area contributed by atoms with E-state index in [1.807, 2.05) is 0 Å². The normalized spacial score (nSPS) is 14.8. The Morgan fingerprint density at radius 3 is 2.54 bits per heavy atom. The molecule has 128 valence electrons. The van der Waals surface area contributed by atoms with Crippen LogP contribution in [0.4, 0.5) is 5.69 Å². The lowest BCUT2D eigenvalue weighted by molar-refractivity contribution is 0.0794. The summed E-state index contributed by atoms with van der Waals surface area (Å²) in [5.74, 6) is -0.186. The van der Waals surface area contributed by atoms with E-state index in [2.05, 4.69) is 20.7 Å². The molecular weight excluding hydrogens is 436 g/mol. The average Bonchev–Trinajstić information content (AvgIpc) is 3.17. The van der Waals surface area contributed by atoms with Gasteiger partial charge in [0.2, 0.25) is 0 Å². The number of anilines is 1. The number of carbonyl (C=O) groups excluding carboxylic acids is 1. The van der Waals surface area contributed by atoms with Gasteiger partial charge in [0.25, 0.3) is 15.9 Å². The summed E-state index contributed by atoms with van der Waals surface area (Å²) in [7, 11) is -3.78. The highest BCUT2D eigenvalue weighted by molar-refractivity contribution is 9.11. The molecule has 0 spiro atoms. The van der Waals surface area contributed by atoms with Crippen LogP contribution in [0.5, 0.6) is 0 Å². The number of nitrogens with one attached hydrogen (secondary N) is 1. The van der Waals surface area contributed by atoms with Crippen LogP contribution in [0.25, 0.3) is 0 Å². The minimum absolute atomic E-state index is 0.161. The molecule has 0 saturated carbocycles. The van der Waals surface area contributed by atoms with Gasteiger partial charge in [-0.05, 0) is 59.1 Å². The van der Waals surface area contributed by atoms with Crippen LogP contribution in [-0.2, 0) is 10.0 Å². The van der Waals surface area contributed by atoms with Crippen molar-refractivity contribution in [3.05, 3.63) is 44.7 Å². The van der Waals surface area contributed by atoms with E-state index in [1.54, 1.807) is 23.1 Å². The molecule has 1 amide bonds. The minimum atomic E-state index is -3.78. The van der Waals surface area contributed by atoms with E-state index >= 15 is 0 Å². The number of hydrogen-bond donors (Lipinski definition) is 1. The number of rotatable bonds is 4. The van der Waals surface area contributed by atoms with Crippen LogP contribution < -0.4 is 4.72 Å². The molecule has 0 atom stereocenters. The van der Waals surface area contributed by atoms with Crippen molar-refractivity contribution in [1.29, 1.82) is 0 Å². The zero-order chi connectivity index (χ0) is 17.3. The second-order valence-corrected chi connectivity index (χ2v) is 10.2. The fourth-order valence-corrected chi connectivity index (χ4v) is 5.77. The molecule has 0 aliphatic carbocycles. The first kappa shape index (κ1) is 17.7. The van der Waals surface area contributed by atoms with Gasteiger partial charge >= 0.3 is 0 Å². The molecule has 1 N–H and O–H groups in total. The van der Waals surface area contributed by atoms with Crippen molar-refractivity contribution in [2.75, 3.05) is 17.8 Å². The van der Waals surface area contributed by atoms with Crippen LogP contribution >= 0.6 is 38.9 Å². The van der Waals surface area contributed by atoms with E-state index in [0.29, 0.717) is 27.5 Å². The van der Waals surface area contributed by atoms with E-state index in [4.69, 9.17) is 11.6 Å². The van der Waals surface area contributed by atoms with Crippen LogP contribution in [0.1, 0.15) is 23.2 Å². The molecule has 5 nitrogen and oxygen atoms in total. The summed E-state index contributed by atoms with van der Waals surface area (Å²) < 4.78 is 28.4. The van der Waals surface area contributed by atoms with E-state index in [9.17, 15) is 13.2 Å². The lowest BCUT2D eigenvalue weighted by Gasteiger charge is -2.18. The molecule has 0 unspecified atom stereocenters. The van der Waals surface area contributed by atoms with Crippen LogP contribution in [0.15, 0.2) is 38.3 Å². The lowest BCUT2D eigenvalue weighted by atomic mass is 10.1. The van der Waals surface area contributed by atoms with Gasteiger partial charge in [0.1, 0.15) is 4.21 Å². The Hall–Kier alpha value is -1.09. The Morgan fingerprint density at radius 2 is 1.92 bits per heavy atom. The standard InChI is InChI=1S/C15H14BrClN2O3S2/c16-13-5-6-14(23-13)24(21,22)18-12-9-10(17)3-4-11(12)15(20)19-7-1-2-8-19/h3-6,9,18H,1-2,7-8H2. The molecule has 0 bridgehead atoms. The maximum Gasteiger partial charge on any atom is 0.271 e. The summed E-state index contributed by atoms with van der Waals surface area (Å²) >= 11 is 10.3. The van der Waals surface area contributed by atoms with E-state index in [0.717, 1.165) is 24.2 Å². The molecule has 24 heavy (non-hydrogen) atoms. The highest BCUT2D eigenvalue weighted by atomic mass is 79.9. The summed E-state index contributed by atoms with van der Waals surface area (Å²) in [6.45, 7) is 1.37. The molecule has 2 heterocycles. The number of benzene rings is 1. The van der Waals surface area contributed by atoms with Gasteiger partial charge in [0.15, 0.2) is 0 Å². The summed E-state index contributed by atoms with van der Waals surface area (Å²) in [6, 6.07) is 7.78. The van der Waals surface area contributed by atoms with Crippen molar-refractivity contribution in [2.45, 2.75) is 17.1 Å². The van der Waals surface area contributed by atoms with Crippen molar-refractivity contribution in [3.8, 4) is 0 Å². The van der Waals surface area contributed by atoms with Gasteiger partial charge in [-0.15, -0.1) is 11.3 Å². The number of nitrogens with zero attached hydrogens (tertiary/aromatic N) is 1. The summed E-state index contributed by atoms with van der Waals surface area (Å²) in [5.41, 5.74) is 0.504. The zero-order valence-corrected chi connectivity index (χ0v) is 16.4. The Labute approximate surface area is 157 Å². The van der Waals surface area contributed by atoms with Gasteiger partial charge < -0.3 is 4.90 Å². The number of likely N-dealkylation sites (tertiary alicyclic amines) is 1. The van der Waals surface area contributed by atoms with Crippen molar-refractivity contribution in [1.82, 2.24) is 4.90 Å². The van der Waals surface area contributed by atoms with Gasteiger partial charge in [-0.25, -0.2) is 8.42 Å². The lowest BCUT2D eigenvalue weighted by Crippen LogP contribution is -2.28. The first-order valence-electron chi connectivity index (χ1n) is 7.24. The van der Waals surface area contributed by atoms with Crippen LogP contribution in [0, 0.1) is 0 Å². The number of carbonyl (C=O) groups is 1. The number of amides is 1. The van der Waals surface area contributed by atoms with Crippen molar-refractivity contribution in [2.24, 2.45) is 0 Å². The maximum absolute atomic E-state index is 12.6. The Kier molecular flexibility index (Phi) is 5.19. The van der Waals surface area contributed by atoms with Crippen LogP contribution in [0.2, 0.25) is 5.02 Å². The highest BCUT2D eigenvalue weighted by Gasteiger charge is 2.25.